The maximum absolute atomic E-state index is 13.4. The SMILES string of the molecule is CC(C)CCN(CC(=O)NO)S(=O)(=O)N1CCCC1C(=O)Nc1nc2ccc(F)cc2s1. The van der Waals surface area contributed by atoms with Crippen LogP contribution >= 0.6 is 11.3 Å². The van der Waals surface area contributed by atoms with Crippen LogP contribution < -0.4 is 10.8 Å². The average molecular weight is 488 g/mol. The number of thiazole rings is 1. The van der Waals surface area contributed by atoms with Gasteiger partial charge in [-0.1, -0.05) is 25.2 Å². The zero-order valence-corrected chi connectivity index (χ0v) is 19.4. The van der Waals surface area contributed by atoms with E-state index < -0.39 is 40.4 Å². The number of rotatable bonds is 9. The van der Waals surface area contributed by atoms with E-state index in [1.165, 1.54) is 23.7 Å². The fraction of sp³-hybridized carbons (Fsp3) is 0.526. The zero-order valence-electron chi connectivity index (χ0n) is 17.7. The fourth-order valence-corrected chi connectivity index (χ4v) is 6.13. The Labute approximate surface area is 189 Å². The van der Waals surface area contributed by atoms with Gasteiger partial charge < -0.3 is 5.32 Å². The van der Waals surface area contributed by atoms with Gasteiger partial charge >= 0.3 is 0 Å². The largest absolute Gasteiger partial charge is 0.301 e. The van der Waals surface area contributed by atoms with Gasteiger partial charge in [0.15, 0.2) is 5.13 Å². The highest BCUT2D eigenvalue weighted by Gasteiger charge is 2.42. The number of carbonyl (C=O) groups excluding carboxylic acids is 2. The maximum atomic E-state index is 13.4. The lowest BCUT2D eigenvalue weighted by Gasteiger charge is -2.30. The summed E-state index contributed by atoms with van der Waals surface area (Å²) in [6.45, 7) is 3.49. The molecule has 1 aliphatic rings. The van der Waals surface area contributed by atoms with Crippen molar-refractivity contribution >= 4 is 48.7 Å². The van der Waals surface area contributed by atoms with Gasteiger partial charge in [0, 0.05) is 13.1 Å². The summed E-state index contributed by atoms with van der Waals surface area (Å²) in [5, 5.41) is 11.7. The lowest BCUT2D eigenvalue weighted by atomic mass is 10.1. The fourth-order valence-electron chi connectivity index (χ4n) is 3.44. The second kappa shape index (κ2) is 10.2. The van der Waals surface area contributed by atoms with Crippen molar-refractivity contribution in [1.82, 2.24) is 19.1 Å². The highest BCUT2D eigenvalue weighted by molar-refractivity contribution is 7.86. The molecule has 1 aromatic heterocycles. The third-order valence-corrected chi connectivity index (χ3v) is 8.04. The number of benzene rings is 1. The van der Waals surface area contributed by atoms with Crippen LogP contribution in [0.5, 0.6) is 0 Å². The average Bonchev–Trinajstić information content (AvgIpc) is 3.37. The summed E-state index contributed by atoms with van der Waals surface area (Å²) in [4.78, 5) is 28.9. The molecule has 13 heteroatoms. The van der Waals surface area contributed by atoms with E-state index in [-0.39, 0.29) is 24.1 Å². The minimum absolute atomic E-state index is 0.0711. The molecule has 3 rings (SSSR count). The number of hydroxylamine groups is 1. The molecular formula is C19H26FN5O5S2. The summed E-state index contributed by atoms with van der Waals surface area (Å²) in [5.41, 5.74) is 1.98. The van der Waals surface area contributed by atoms with Crippen LogP contribution in [0.2, 0.25) is 0 Å². The van der Waals surface area contributed by atoms with Crippen molar-refractivity contribution in [2.24, 2.45) is 5.92 Å². The van der Waals surface area contributed by atoms with Crippen molar-refractivity contribution in [2.45, 2.75) is 39.2 Å². The number of halogens is 1. The van der Waals surface area contributed by atoms with Crippen molar-refractivity contribution in [3.05, 3.63) is 24.0 Å². The van der Waals surface area contributed by atoms with E-state index >= 15 is 0 Å². The Morgan fingerprint density at radius 2 is 2.16 bits per heavy atom. The van der Waals surface area contributed by atoms with Crippen LogP contribution in [-0.4, -0.2) is 64.7 Å². The second-order valence-corrected chi connectivity index (χ2v) is 10.9. The minimum Gasteiger partial charge on any atom is -0.301 e. The Balaban J connectivity index is 1.78. The van der Waals surface area contributed by atoms with Crippen LogP contribution in [0.1, 0.15) is 33.1 Å². The van der Waals surface area contributed by atoms with Crippen LogP contribution in [0.3, 0.4) is 0 Å². The van der Waals surface area contributed by atoms with Crippen molar-refractivity contribution in [3.63, 3.8) is 0 Å². The lowest BCUT2D eigenvalue weighted by Crippen LogP contribution is -2.52. The predicted molar refractivity (Wildman–Crippen MR) is 118 cm³/mol. The smallest absolute Gasteiger partial charge is 0.283 e. The zero-order chi connectivity index (χ0) is 23.5. The summed E-state index contributed by atoms with van der Waals surface area (Å²) < 4.78 is 42.6. The summed E-state index contributed by atoms with van der Waals surface area (Å²) in [6, 6.07) is 3.12. The number of carbonyl (C=O) groups is 2. The van der Waals surface area contributed by atoms with Crippen LogP contribution in [0.15, 0.2) is 18.2 Å². The quantitative estimate of drug-likeness (QED) is 0.366. The summed E-state index contributed by atoms with van der Waals surface area (Å²) in [6.07, 6.45) is 1.30. The Kier molecular flexibility index (Phi) is 7.77. The highest BCUT2D eigenvalue weighted by atomic mass is 32.2. The van der Waals surface area contributed by atoms with E-state index in [1.807, 2.05) is 13.8 Å². The number of hydrogen-bond donors (Lipinski definition) is 3. The number of anilines is 1. The van der Waals surface area contributed by atoms with E-state index in [4.69, 9.17) is 5.21 Å². The summed E-state index contributed by atoms with van der Waals surface area (Å²) in [5.74, 6) is -1.63. The van der Waals surface area contributed by atoms with E-state index in [0.29, 0.717) is 29.5 Å². The number of nitrogens with zero attached hydrogens (tertiary/aromatic N) is 3. The third kappa shape index (κ3) is 5.59. The lowest BCUT2D eigenvalue weighted by molar-refractivity contribution is -0.129. The molecule has 1 aliphatic heterocycles. The number of fused-ring (bicyclic) bond motifs is 1. The molecule has 2 amide bonds. The van der Waals surface area contributed by atoms with Crippen LogP contribution in [0.25, 0.3) is 10.2 Å². The Morgan fingerprint density at radius 1 is 1.41 bits per heavy atom. The molecule has 1 saturated heterocycles. The molecule has 1 atom stereocenters. The Hall–Kier alpha value is -2.19. The third-order valence-electron chi connectivity index (χ3n) is 5.11. The van der Waals surface area contributed by atoms with Gasteiger partial charge in [0.1, 0.15) is 11.9 Å². The molecule has 0 bridgehead atoms. The second-order valence-electron chi connectivity index (χ2n) is 7.95. The van der Waals surface area contributed by atoms with Crippen molar-refractivity contribution in [1.29, 1.82) is 0 Å². The molecule has 32 heavy (non-hydrogen) atoms. The molecule has 2 aromatic rings. The molecule has 2 heterocycles. The topological polar surface area (TPSA) is 132 Å². The first-order chi connectivity index (χ1) is 15.1. The van der Waals surface area contributed by atoms with Gasteiger partial charge in [0.2, 0.25) is 5.91 Å². The molecule has 0 spiro atoms. The molecule has 1 fully saturated rings. The standard InChI is InChI=1S/C19H26FN5O5S2/c1-12(2)7-9-24(11-17(26)23-28)32(29,30)25-8-3-4-15(25)18(27)22-19-21-14-6-5-13(20)10-16(14)31-19/h5-6,10,12,15,28H,3-4,7-9,11H2,1-2H3,(H,23,26)(H,21,22,27). The Bertz CT molecular complexity index is 1090. The molecule has 10 nitrogen and oxygen atoms in total. The van der Waals surface area contributed by atoms with Crippen LogP contribution in [0, 0.1) is 11.7 Å². The van der Waals surface area contributed by atoms with Crippen molar-refractivity contribution < 1.29 is 27.6 Å². The van der Waals surface area contributed by atoms with E-state index in [9.17, 15) is 22.4 Å². The number of hydrogen-bond acceptors (Lipinski definition) is 7. The van der Waals surface area contributed by atoms with Crippen molar-refractivity contribution in [3.8, 4) is 0 Å². The molecule has 1 aromatic carbocycles. The van der Waals surface area contributed by atoms with Crippen molar-refractivity contribution in [2.75, 3.05) is 25.0 Å². The van der Waals surface area contributed by atoms with E-state index in [2.05, 4.69) is 10.3 Å². The van der Waals surface area contributed by atoms with Gasteiger partial charge in [-0.15, -0.1) is 0 Å². The van der Waals surface area contributed by atoms with Gasteiger partial charge in [-0.3, -0.25) is 14.8 Å². The van der Waals surface area contributed by atoms with Crippen LogP contribution in [0.4, 0.5) is 9.52 Å². The minimum atomic E-state index is -4.15. The molecule has 0 saturated carbocycles. The predicted octanol–water partition coefficient (Wildman–Crippen LogP) is 1.94. The first-order valence-corrected chi connectivity index (χ1v) is 12.4. The molecule has 1 unspecified atom stereocenters. The molecule has 176 valence electrons. The molecule has 0 aliphatic carbocycles. The summed E-state index contributed by atoms with van der Waals surface area (Å²) in [7, 11) is -4.15. The molecule has 0 radical (unpaired) electrons. The number of nitrogens with one attached hydrogen (secondary N) is 2. The monoisotopic (exact) mass is 487 g/mol. The van der Waals surface area contributed by atoms with Gasteiger partial charge in [-0.2, -0.15) is 17.0 Å². The van der Waals surface area contributed by atoms with E-state index in [1.54, 1.807) is 0 Å². The normalized spacial score (nSPS) is 17.4. The molecule has 3 N–H and O–H groups in total. The Morgan fingerprint density at radius 3 is 2.84 bits per heavy atom. The van der Waals surface area contributed by atoms with Crippen LogP contribution in [-0.2, 0) is 19.8 Å². The van der Waals surface area contributed by atoms with Gasteiger partial charge in [0.25, 0.3) is 16.1 Å². The first kappa shape index (κ1) is 24.5. The summed E-state index contributed by atoms with van der Waals surface area (Å²) >= 11 is 1.09. The first-order valence-electron chi connectivity index (χ1n) is 10.2. The molecular weight excluding hydrogens is 461 g/mol. The van der Waals surface area contributed by atoms with Gasteiger partial charge in [0.05, 0.1) is 16.8 Å². The number of aromatic nitrogens is 1. The highest BCUT2D eigenvalue weighted by Crippen LogP contribution is 2.29. The van der Waals surface area contributed by atoms with Gasteiger partial charge in [-0.25, -0.2) is 14.9 Å². The van der Waals surface area contributed by atoms with E-state index in [0.717, 1.165) is 19.9 Å². The maximum Gasteiger partial charge on any atom is 0.283 e. The number of amides is 2. The van der Waals surface area contributed by atoms with Gasteiger partial charge in [-0.05, 0) is 43.4 Å².